The summed E-state index contributed by atoms with van der Waals surface area (Å²) < 4.78 is 0. The summed E-state index contributed by atoms with van der Waals surface area (Å²) in [6.45, 7) is 5.59. The summed E-state index contributed by atoms with van der Waals surface area (Å²) in [6, 6.07) is 24.5. The Bertz CT molecular complexity index is 1260. The molecule has 0 fully saturated rings. The molecule has 0 aromatic heterocycles. The van der Waals surface area contributed by atoms with Gasteiger partial charge in [-0.05, 0) is 42.5 Å². The molecule has 0 heterocycles. The molecule has 0 saturated heterocycles. The first-order chi connectivity index (χ1) is 19.2. The van der Waals surface area contributed by atoms with E-state index in [2.05, 4.69) is 17.6 Å². The number of anilines is 1. The molecule has 2 atom stereocenters. The predicted octanol–water partition coefficient (Wildman–Crippen LogP) is 7.34. The number of carbonyl (C=O) groups is 3. The molecular weight excluding hydrogens is 500 g/mol. The van der Waals surface area contributed by atoms with Gasteiger partial charge in [-0.25, -0.2) is 4.79 Å². The van der Waals surface area contributed by atoms with Gasteiger partial charge in [0, 0.05) is 23.6 Å². The lowest BCUT2D eigenvalue weighted by molar-refractivity contribution is -0.147. The fourth-order valence-electron chi connectivity index (χ4n) is 4.76. The largest absolute Gasteiger partial charge is 0.479 e. The van der Waals surface area contributed by atoms with Gasteiger partial charge in [-0.15, -0.1) is 0 Å². The summed E-state index contributed by atoms with van der Waals surface area (Å²) in [5, 5.41) is 16.0. The molecule has 212 valence electrons. The van der Waals surface area contributed by atoms with E-state index in [1.807, 2.05) is 73.7 Å². The first kappa shape index (κ1) is 30.6. The highest BCUT2D eigenvalue weighted by Crippen LogP contribution is 2.33. The number of unbranched alkanes of at least 4 members (excludes halogenated alkanes) is 4. The molecule has 6 nitrogen and oxygen atoms in total. The van der Waals surface area contributed by atoms with E-state index < -0.39 is 11.5 Å². The van der Waals surface area contributed by atoms with Crippen molar-refractivity contribution < 1.29 is 19.5 Å². The standard InChI is InChI=1S/C34H42N2O4/c1-4-5-6-7-10-15-25(2)32(38)35-30-24-28(21-22-29(30)27-18-13-9-14-19-27)34(3,33(39)40)36-31(37)23-20-26-16-11-8-12-17-26/h8-9,11-14,16-19,21-22,24-25H,4-7,10,15,20,23H2,1-3H3,(H,35,38)(H,36,37)(H,39,40). The lowest BCUT2D eigenvalue weighted by Crippen LogP contribution is -2.49. The van der Waals surface area contributed by atoms with Crippen LogP contribution in [0.25, 0.3) is 11.1 Å². The smallest absolute Gasteiger partial charge is 0.333 e. The maximum absolute atomic E-state index is 13.2. The van der Waals surface area contributed by atoms with E-state index in [-0.39, 0.29) is 24.2 Å². The molecule has 0 saturated carbocycles. The van der Waals surface area contributed by atoms with Crippen molar-refractivity contribution in [2.24, 2.45) is 5.92 Å². The van der Waals surface area contributed by atoms with Crippen molar-refractivity contribution in [1.82, 2.24) is 5.32 Å². The van der Waals surface area contributed by atoms with Crippen LogP contribution in [0.15, 0.2) is 78.9 Å². The van der Waals surface area contributed by atoms with Crippen LogP contribution in [0.5, 0.6) is 0 Å². The number of aliphatic carboxylic acids is 1. The summed E-state index contributed by atoms with van der Waals surface area (Å²) in [5.41, 5.74) is 1.93. The third-order valence-corrected chi connectivity index (χ3v) is 7.43. The lowest BCUT2D eigenvalue weighted by Gasteiger charge is -2.28. The van der Waals surface area contributed by atoms with Crippen molar-refractivity contribution in [2.75, 3.05) is 5.32 Å². The Morgan fingerprint density at radius 1 is 0.875 bits per heavy atom. The topological polar surface area (TPSA) is 95.5 Å². The number of carboxylic acids is 1. The van der Waals surface area contributed by atoms with Crippen LogP contribution in [0.3, 0.4) is 0 Å². The number of hydrogen-bond acceptors (Lipinski definition) is 3. The fraction of sp³-hybridized carbons (Fsp3) is 0.382. The van der Waals surface area contributed by atoms with Gasteiger partial charge in [0.05, 0.1) is 0 Å². The minimum absolute atomic E-state index is 0.103. The molecule has 0 aliphatic heterocycles. The van der Waals surface area contributed by atoms with Crippen molar-refractivity contribution in [2.45, 2.75) is 77.7 Å². The first-order valence-electron chi connectivity index (χ1n) is 14.3. The van der Waals surface area contributed by atoms with Crippen LogP contribution in [-0.4, -0.2) is 22.9 Å². The van der Waals surface area contributed by atoms with Crippen molar-refractivity contribution in [1.29, 1.82) is 0 Å². The highest BCUT2D eigenvalue weighted by molar-refractivity contribution is 5.97. The molecule has 3 aromatic rings. The number of rotatable bonds is 15. The third-order valence-electron chi connectivity index (χ3n) is 7.43. The summed E-state index contributed by atoms with van der Waals surface area (Å²) in [5.74, 6) is -1.82. The molecule has 3 aromatic carbocycles. The third kappa shape index (κ3) is 8.54. The molecule has 0 radical (unpaired) electrons. The molecular formula is C34H42N2O4. The van der Waals surface area contributed by atoms with Crippen LogP contribution in [0.4, 0.5) is 5.69 Å². The molecule has 0 spiro atoms. The zero-order valence-corrected chi connectivity index (χ0v) is 23.9. The number of carboxylic acid groups (broad SMARTS) is 1. The van der Waals surface area contributed by atoms with Crippen LogP contribution in [0, 0.1) is 5.92 Å². The first-order valence-corrected chi connectivity index (χ1v) is 14.3. The van der Waals surface area contributed by atoms with Crippen LogP contribution in [0.1, 0.15) is 76.8 Å². The summed E-state index contributed by atoms with van der Waals surface area (Å²) >= 11 is 0. The van der Waals surface area contributed by atoms with E-state index in [9.17, 15) is 19.5 Å². The highest BCUT2D eigenvalue weighted by atomic mass is 16.4. The van der Waals surface area contributed by atoms with Gasteiger partial charge in [0.2, 0.25) is 11.8 Å². The van der Waals surface area contributed by atoms with Gasteiger partial charge in [0.25, 0.3) is 0 Å². The maximum atomic E-state index is 13.2. The van der Waals surface area contributed by atoms with Crippen molar-refractivity contribution >= 4 is 23.5 Å². The Labute approximate surface area is 238 Å². The van der Waals surface area contributed by atoms with E-state index in [4.69, 9.17) is 0 Å². The second-order valence-electron chi connectivity index (χ2n) is 10.7. The molecule has 2 amide bonds. The van der Waals surface area contributed by atoms with Crippen LogP contribution in [-0.2, 0) is 26.3 Å². The van der Waals surface area contributed by atoms with Gasteiger partial charge in [0.15, 0.2) is 5.54 Å². The maximum Gasteiger partial charge on any atom is 0.333 e. The summed E-state index contributed by atoms with van der Waals surface area (Å²) in [7, 11) is 0. The zero-order valence-electron chi connectivity index (χ0n) is 23.9. The minimum atomic E-state index is -1.67. The quantitative estimate of drug-likeness (QED) is 0.175. The molecule has 0 aliphatic carbocycles. The van der Waals surface area contributed by atoms with Gasteiger partial charge >= 0.3 is 5.97 Å². The number of benzene rings is 3. The van der Waals surface area contributed by atoms with E-state index in [1.165, 1.54) is 26.2 Å². The van der Waals surface area contributed by atoms with Gasteiger partial charge in [-0.3, -0.25) is 9.59 Å². The monoisotopic (exact) mass is 542 g/mol. The van der Waals surface area contributed by atoms with Gasteiger partial charge in [-0.2, -0.15) is 0 Å². The average molecular weight is 543 g/mol. The highest BCUT2D eigenvalue weighted by Gasteiger charge is 2.37. The van der Waals surface area contributed by atoms with E-state index >= 15 is 0 Å². The molecule has 3 rings (SSSR count). The normalized spacial score (nSPS) is 13.2. The molecule has 0 bridgehead atoms. The van der Waals surface area contributed by atoms with E-state index in [0.29, 0.717) is 17.7 Å². The number of amides is 2. The second-order valence-corrected chi connectivity index (χ2v) is 10.7. The molecule has 0 aliphatic rings. The molecule has 2 unspecified atom stereocenters. The minimum Gasteiger partial charge on any atom is -0.479 e. The van der Waals surface area contributed by atoms with Gasteiger partial charge < -0.3 is 15.7 Å². The zero-order chi connectivity index (χ0) is 29.0. The Hall–Kier alpha value is -3.93. The van der Waals surface area contributed by atoms with Crippen molar-refractivity contribution in [3.05, 3.63) is 90.0 Å². The SMILES string of the molecule is CCCCCCCC(C)C(=O)Nc1cc(C(C)(NC(=O)CCc2ccccc2)C(=O)O)ccc1-c1ccccc1. The fourth-order valence-corrected chi connectivity index (χ4v) is 4.76. The Morgan fingerprint density at radius 3 is 2.17 bits per heavy atom. The number of nitrogens with one attached hydrogen (secondary N) is 2. The van der Waals surface area contributed by atoms with Gasteiger partial charge in [0.1, 0.15) is 0 Å². The Balaban J connectivity index is 1.83. The summed E-state index contributed by atoms with van der Waals surface area (Å²) in [4.78, 5) is 38.6. The summed E-state index contributed by atoms with van der Waals surface area (Å²) in [6.07, 6.45) is 7.12. The lowest BCUT2D eigenvalue weighted by atomic mass is 9.89. The number of aryl methyl sites for hydroxylation is 1. The van der Waals surface area contributed by atoms with Gasteiger partial charge in [-0.1, -0.05) is 119 Å². The van der Waals surface area contributed by atoms with Crippen molar-refractivity contribution in [3.63, 3.8) is 0 Å². The Morgan fingerprint density at radius 2 is 1.52 bits per heavy atom. The molecule has 3 N–H and O–H groups in total. The van der Waals surface area contributed by atoms with E-state index in [1.54, 1.807) is 12.1 Å². The van der Waals surface area contributed by atoms with Crippen LogP contribution in [0.2, 0.25) is 0 Å². The van der Waals surface area contributed by atoms with Crippen LogP contribution < -0.4 is 10.6 Å². The van der Waals surface area contributed by atoms with Crippen molar-refractivity contribution in [3.8, 4) is 11.1 Å². The second kappa shape index (κ2) is 15.0. The Kier molecular flexibility index (Phi) is 11.5. The number of carbonyl (C=O) groups excluding carboxylic acids is 2. The molecule has 40 heavy (non-hydrogen) atoms. The van der Waals surface area contributed by atoms with Crippen LogP contribution >= 0.6 is 0 Å². The van der Waals surface area contributed by atoms with E-state index in [0.717, 1.165) is 36.0 Å². The predicted molar refractivity (Wildman–Crippen MR) is 161 cm³/mol. The number of hydrogen-bond donors (Lipinski definition) is 3. The molecule has 6 heteroatoms. The average Bonchev–Trinajstić information content (AvgIpc) is 2.96.